The topological polar surface area (TPSA) is 38.8 Å². The van der Waals surface area contributed by atoms with Gasteiger partial charge in [-0.05, 0) is 76.1 Å². The number of aryl methyl sites for hydroxylation is 1. The fraction of sp³-hybridized carbons (Fsp3) is 0.571. The molecule has 0 N–H and O–H groups in total. The van der Waals surface area contributed by atoms with Gasteiger partial charge in [0.1, 0.15) is 11.4 Å². The maximum Gasteiger partial charge on any atom is 0.411 e. The van der Waals surface area contributed by atoms with Crippen LogP contribution in [0, 0.1) is 6.92 Å². The third kappa shape index (κ3) is 3.83. The molecule has 1 aromatic rings. The van der Waals surface area contributed by atoms with E-state index in [1.807, 2.05) is 25.7 Å². The highest BCUT2D eigenvalue weighted by Gasteiger charge is 2.39. The Morgan fingerprint density at radius 3 is 2.64 bits per heavy atom. The molecule has 2 heterocycles. The Morgan fingerprint density at radius 2 is 2.00 bits per heavy atom. The first-order valence-corrected chi connectivity index (χ1v) is 9.15. The number of ether oxygens (including phenoxy) is 2. The molecule has 0 radical (unpaired) electrons. The van der Waals surface area contributed by atoms with E-state index in [2.05, 4.69) is 31.2 Å². The monoisotopic (exact) mass is 343 g/mol. The van der Waals surface area contributed by atoms with Crippen molar-refractivity contribution in [3.05, 3.63) is 35.4 Å². The van der Waals surface area contributed by atoms with Crippen LogP contribution in [0.4, 0.5) is 4.79 Å². The van der Waals surface area contributed by atoms with Gasteiger partial charge in [-0.25, -0.2) is 4.79 Å². The summed E-state index contributed by atoms with van der Waals surface area (Å²) in [6, 6.07) is 6.72. The van der Waals surface area contributed by atoms with E-state index in [0.717, 1.165) is 37.0 Å². The van der Waals surface area contributed by atoms with Gasteiger partial charge in [0.25, 0.3) is 0 Å². The number of piperidine rings is 1. The molecule has 2 aliphatic rings. The molecular weight excluding hydrogens is 314 g/mol. The van der Waals surface area contributed by atoms with Gasteiger partial charge in [-0.1, -0.05) is 18.2 Å². The van der Waals surface area contributed by atoms with Gasteiger partial charge in [-0.3, -0.25) is 4.90 Å². The summed E-state index contributed by atoms with van der Waals surface area (Å²) in [5.41, 5.74) is 3.19. The molecule has 1 amide bonds. The fourth-order valence-corrected chi connectivity index (χ4v) is 3.86. The zero-order valence-electron chi connectivity index (χ0n) is 16.0. The minimum Gasteiger partial charge on any atom is -0.496 e. The van der Waals surface area contributed by atoms with E-state index < -0.39 is 5.60 Å². The Morgan fingerprint density at radius 1 is 1.24 bits per heavy atom. The van der Waals surface area contributed by atoms with Crippen LogP contribution in [0.1, 0.15) is 57.6 Å². The Hall–Kier alpha value is -1.97. The molecular formula is C21H29NO3. The van der Waals surface area contributed by atoms with Crippen LogP contribution in [0.25, 0.3) is 5.57 Å². The summed E-state index contributed by atoms with van der Waals surface area (Å²) in [5.74, 6) is 0.915. The van der Waals surface area contributed by atoms with Gasteiger partial charge in [0.05, 0.1) is 13.2 Å². The van der Waals surface area contributed by atoms with Crippen LogP contribution < -0.4 is 4.74 Å². The van der Waals surface area contributed by atoms with Crippen LogP contribution in [0.3, 0.4) is 0 Å². The minimum absolute atomic E-state index is 0.129. The predicted molar refractivity (Wildman–Crippen MR) is 99.8 cm³/mol. The van der Waals surface area contributed by atoms with Crippen LogP contribution in [-0.4, -0.2) is 35.8 Å². The van der Waals surface area contributed by atoms with Crippen molar-refractivity contribution in [1.29, 1.82) is 0 Å². The highest BCUT2D eigenvalue weighted by atomic mass is 16.6. The summed E-state index contributed by atoms with van der Waals surface area (Å²) in [6.07, 6.45) is 6.15. The Kier molecular flexibility index (Phi) is 4.81. The van der Waals surface area contributed by atoms with Crippen molar-refractivity contribution in [2.75, 3.05) is 7.11 Å². The lowest BCUT2D eigenvalue weighted by molar-refractivity contribution is 0.0000837. The molecule has 2 atom stereocenters. The van der Waals surface area contributed by atoms with Gasteiger partial charge >= 0.3 is 6.09 Å². The molecule has 0 saturated carbocycles. The maximum absolute atomic E-state index is 12.7. The van der Waals surface area contributed by atoms with Crippen LogP contribution >= 0.6 is 0 Å². The largest absolute Gasteiger partial charge is 0.496 e. The third-order valence-corrected chi connectivity index (χ3v) is 5.02. The maximum atomic E-state index is 12.7. The predicted octanol–water partition coefficient (Wildman–Crippen LogP) is 4.95. The molecule has 1 aromatic carbocycles. The van der Waals surface area contributed by atoms with E-state index in [0.29, 0.717) is 0 Å². The number of nitrogens with zero attached hydrogens (tertiary/aromatic N) is 1. The smallest absolute Gasteiger partial charge is 0.411 e. The summed E-state index contributed by atoms with van der Waals surface area (Å²) in [6.45, 7) is 7.82. The molecule has 0 aromatic heterocycles. The van der Waals surface area contributed by atoms with Crippen molar-refractivity contribution in [3.8, 4) is 5.75 Å². The van der Waals surface area contributed by atoms with Crippen molar-refractivity contribution < 1.29 is 14.3 Å². The number of methoxy groups -OCH3 is 1. The summed E-state index contributed by atoms with van der Waals surface area (Å²) < 4.78 is 11.1. The van der Waals surface area contributed by atoms with Crippen molar-refractivity contribution in [2.45, 2.75) is 71.1 Å². The Balaban J connectivity index is 1.87. The standard InChI is InChI=1S/C21H29NO3/c1-14-9-10-15(13-19(14)24-5)16-11-17-7-6-8-18(12-16)22(17)20(23)25-21(2,3)4/h9-11,13,17-18H,6-8,12H2,1-5H3. The summed E-state index contributed by atoms with van der Waals surface area (Å²) in [4.78, 5) is 14.6. The van der Waals surface area contributed by atoms with Gasteiger partial charge in [0.2, 0.25) is 0 Å². The second-order valence-corrected chi connectivity index (χ2v) is 8.12. The van der Waals surface area contributed by atoms with E-state index in [-0.39, 0.29) is 18.2 Å². The molecule has 25 heavy (non-hydrogen) atoms. The van der Waals surface area contributed by atoms with E-state index in [9.17, 15) is 4.79 Å². The van der Waals surface area contributed by atoms with Crippen molar-refractivity contribution in [3.63, 3.8) is 0 Å². The van der Waals surface area contributed by atoms with Crippen LogP contribution in [0.5, 0.6) is 5.75 Å². The third-order valence-electron chi connectivity index (χ3n) is 5.02. The molecule has 1 fully saturated rings. The number of fused-ring (bicyclic) bond motifs is 2. The van der Waals surface area contributed by atoms with Crippen LogP contribution in [0.15, 0.2) is 24.3 Å². The molecule has 4 nitrogen and oxygen atoms in total. The number of hydrogen-bond donors (Lipinski definition) is 0. The van der Waals surface area contributed by atoms with E-state index in [1.54, 1.807) is 7.11 Å². The molecule has 1 saturated heterocycles. The lowest BCUT2D eigenvalue weighted by Gasteiger charge is -2.45. The second kappa shape index (κ2) is 6.74. The van der Waals surface area contributed by atoms with Crippen molar-refractivity contribution >= 4 is 11.7 Å². The first-order valence-electron chi connectivity index (χ1n) is 9.15. The molecule has 4 heteroatoms. The zero-order chi connectivity index (χ0) is 18.2. The molecule has 2 unspecified atom stereocenters. The molecule has 2 bridgehead atoms. The minimum atomic E-state index is -0.459. The van der Waals surface area contributed by atoms with E-state index in [4.69, 9.17) is 9.47 Å². The first kappa shape index (κ1) is 17.8. The number of carbonyl (C=O) groups is 1. The molecule has 136 valence electrons. The van der Waals surface area contributed by atoms with Gasteiger partial charge in [0.15, 0.2) is 0 Å². The Bertz CT molecular complexity index is 687. The summed E-state index contributed by atoms with van der Waals surface area (Å²) >= 11 is 0. The number of amides is 1. The highest BCUT2D eigenvalue weighted by Crippen LogP contribution is 2.38. The number of hydrogen-bond acceptors (Lipinski definition) is 3. The van der Waals surface area contributed by atoms with Gasteiger partial charge in [0, 0.05) is 6.04 Å². The SMILES string of the molecule is COc1cc(C2=CC3CCCC(C2)N3C(=O)OC(C)(C)C)ccc1C. The van der Waals surface area contributed by atoms with Crippen molar-refractivity contribution in [1.82, 2.24) is 4.90 Å². The quantitative estimate of drug-likeness (QED) is 0.763. The van der Waals surface area contributed by atoms with Gasteiger partial charge < -0.3 is 9.47 Å². The second-order valence-electron chi connectivity index (χ2n) is 8.12. The fourth-order valence-electron chi connectivity index (χ4n) is 3.86. The van der Waals surface area contributed by atoms with Crippen LogP contribution in [0.2, 0.25) is 0 Å². The number of carbonyl (C=O) groups excluding carboxylic acids is 1. The number of rotatable bonds is 2. The number of benzene rings is 1. The molecule has 3 rings (SSSR count). The van der Waals surface area contributed by atoms with Gasteiger partial charge in [-0.15, -0.1) is 0 Å². The average molecular weight is 343 g/mol. The first-order chi connectivity index (χ1) is 11.8. The lowest BCUT2D eigenvalue weighted by atomic mass is 9.83. The molecule has 0 spiro atoms. The highest BCUT2D eigenvalue weighted by molar-refractivity contribution is 5.75. The van der Waals surface area contributed by atoms with E-state index in [1.165, 1.54) is 11.1 Å². The molecule has 0 aliphatic carbocycles. The molecule has 2 aliphatic heterocycles. The normalized spacial score (nSPS) is 23.1. The van der Waals surface area contributed by atoms with Gasteiger partial charge in [-0.2, -0.15) is 0 Å². The Labute approximate surface area is 150 Å². The summed E-state index contributed by atoms with van der Waals surface area (Å²) in [5, 5.41) is 0. The summed E-state index contributed by atoms with van der Waals surface area (Å²) in [7, 11) is 1.71. The van der Waals surface area contributed by atoms with E-state index >= 15 is 0 Å². The average Bonchev–Trinajstić information content (AvgIpc) is 2.52. The van der Waals surface area contributed by atoms with Crippen molar-refractivity contribution in [2.24, 2.45) is 0 Å². The van der Waals surface area contributed by atoms with Crippen LogP contribution in [-0.2, 0) is 4.74 Å². The lowest BCUT2D eigenvalue weighted by Crippen LogP contribution is -2.53. The zero-order valence-corrected chi connectivity index (χ0v) is 16.0.